The number of nitro groups is 1. The van der Waals surface area contributed by atoms with Gasteiger partial charge >= 0.3 is 0 Å². The molecule has 0 saturated carbocycles. The number of fused-ring (bicyclic) bond motifs is 3. The number of amides is 2. The summed E-state index contributed by atoms with van der Waals surface area (Å²) in [5.41, 5.74) is 0.928. The highest BCUT2D eigenvalue weighted by atomic mass is 16.6. The van der Waals surface area contributed by atoms with Gasteiger partial charge in [0.05, 0.1) is 28.5 Å². The molecule has 3 aliphatic rings. The van der Waals surface area contributed by atoms with E-state index < -0.39 is 40.7 Å². The molecule has 0 bridgehead atoms. The molecule has 9 heteroatoms. The van der Waals surface area contributed by atoms with Gasteiger partial charge in [-0.3, -0.25) is 29.5 Å². The maximum Gasteiger partial charge on any atom is 0.271 e. The molecule has 0 unspecified atom stereocenters. The average molecular weight is 430 g/mol. The Kier molecular flexibility index (Phi) is 4.47. The maximum atomic E-state index is 13.6. The number of nitrogens with zero attached hydrogens (tertiary/aromatic N) is 4. The Balaban J connectivity index is 1.60. The molecule has 2 aromatic carbocycles. The van der Waals surface area contributed by atoms with Gasteiger partial charge < -0.3 is 0 Å². The molecule has 32 heavy (non-hydrogen) atoms. The van der Waals surface area contributed by atoms with E-state index in [1.54, 1.807) is 49.4 Å². The van der Waals surface area contributed by atoms with Gasteiger partial charge in [-0.05, 0) is 18.6 Å². The van der Waals surface area contributed by atoms with Crippen molar-refractivity contribution in [1.29, 1.82) is 0 Å². The quantitative estimate of drug-likeness (QED) is 0.319. The van der Waals surface area contributed by atoms with Crippen LogP contribution in [0.25, 0.3) is 0 Å². The van der Waals surface area contributed by atoms with Gasteiger partial charge in [0.25, 0.3) is 5.69 Å². The lowest BCUT2D eigenvalue weighted by Gasteiger charge is -2.30. The van der Waals surface area contributed by atoms with Crippen molar-refractivity contribution in [3.63, 3.8) is 0 Å². The first-order valence-electron chi connectivity index (χ1n) is 10.1. The van der Waals surface area contributed by atoms with E-state index >= 15 is 0 Å². The molecule has 3 heterocycles. The van der Waals surface area contributed by atoms with Gasteiger partial charge in [-0.25, -0.2) is 4.90 Å². The SMILES string of the molecule is Cc1ccc([N+](=O)[O-])cc1N1C(=O)[C@@H]2[C@@H](C1=O)[C@@H]1C=CC=NN1[C@@H]2C(=O)c1ccccc1. The van der Waals surface area contributed by atoms with Gasteiger partial charge in [0.1, 0.15) is 6.04 Å². The number of carbonyl (C=O) groups is 3. The van der Waals surface area contributed by atoms with E-state index in [0.29, 0.717) is 11.1 Å². The summed E-state index contributed by atoms with van der Waals surface area (Å²) in [4.78, 5) is 52.2. The maximum absolute atomic E-state index is 13.6. The predicted octanol–water partition coefficient (Wildman–Crippen LogP) is 2.50. The molecule has 4 atom stereocenters. The first-order chi connectivity index (χ1) is 15.4. The Morgan fingerprint density at radius 1 is 1.06 bits per heavy atom. The van der Waals surface area contributed by atoms with Gasteiger partial charge in [-0.1, -0.05) is 42.5 Å². The molecule has 2 aromatic rings. The molecule has 0 radical (unpaired) electrons. The smallest absolute Gasteiger partial charge is 0.271 e. The lowest BCUT2D eigenvalue weighted by atomic mass is 9.86. The van der Waals surface area contributed by atoms with Crippen molar-refractivity contribution in [2.45, 2.75) is 19.0 Å². The molecular weight excluding hydrogens is 412 g/mol. The standard InChI is InChI=1S/C23H18N4O5/c1-13-9-10-15(27(31)32)12-17(13)25-22(29)18-16-8-5-11-24-26(16)20(19(18)23(25)30)21(28)14-6-3-2-4-7-14/h2-12,16,18-20H,1H3/t16-,18-,19+,20-/m0/s1. The van der Waals surface area contributed by atoms with E-state index in [-0.39, 0.29) is 17.2 Å². The number of ketones is 1. The van der Waals surface area contributed by atoms with Crippen LogP contribution in [0.4, 0.5) is 11.4 Å². The zero-order chi connectivity index (χ0) is 22.6. The van der Waals surface area contributed by atoms with Crippen molar-refractivity contribution in [2.24, 2.45) is 16.9 Å². The normalized spacial score (nSPS) is 25.8. The highest BCUT2D eigenvalue weighted by Crippen LogP contribution is 2.47. The number of carbonyl (C=O) groups excluding carboxylic acids is 3. The van der Waals surface area contributed by atoms with Crippen molar-refractivity contribution in [2.75, 3.05) is 4.90 Å². The minimum absolute atomic E-state index is 0.171. The van der Waals surface area contributed by atoms with Crippen molar-refractivity contribution in [3.8, 4) is 0 Å². The second-order valence-electron chi connectivity index (χ2n) is 7.99. The highest BCUT2D eigenvalue weighted by Gasteiger charge is 2.64. The number of benzene rings is 2. The van der Waals surface area contributed by atoms with Crippen LogP contribution in [0.2, 0.25) is 0 Å². The minimum Gasteiger partial charge on any atom is -0.292 e. The first-order valence-corrected chi connectivity index (χ1v) is 10.1. The summed E-state index contributed by atoms with van der Waals surface area (Å²) in [5.74, 6) is -3.08. The Hall–Kier alpha value is -4.14. The summed E-state index contributed by atoms with van der Waals surface area (Å²) < 4.78 is 0. The third-order valence-corrected chi connectivity index (χ3v) is 6.26. The summed E-state index contributed by atoms with van der Waals surface area (Å²) in [6, 6.07) is 11.1. The van der Waals surface area contributed by atoms with E-state index in [1.165, 1.54) is 29.4 Å². The number of non-ortho nitro benzene ring substituents is 1. The summed E-state index contributed by atoms with van der Waals surface area (Å²) in [6.07, 6.45) is 4.98. The third kappa shape index (κ3) is 2.78. The Morgan fingerprint density at radius 2 is 1.78 bits per heavy atom. The second-order valence-corrected chi connectivity index (χ2v) is 7.99. The van der Waals surface area contributed by atoms with E-state index in [4.69, 9.17) is 0 Å². The van der Waals surface area contributed by atoms with Crippen molar-refractivity contribution in [1.82, 2.24) is 5.01 Å². The lowest BCUT2D eigenvalue weighted by molar-refractivity contribution is -0.384. The topological polar surface area (TPSA) is 113 Å². The van der Waals surface area contributed by atoms with Crippen LogP contribution in [-0.2, 0) is 9.59 Å². The zero-order valence-electron chi connectivity index (χ0n) is 17.0. The van der Waals surface area contributed by atoms with Gasteiger partial charge in [0.15, 0.2) is 5.78 Å². The molecule has 0 N–H and O–H groups in total. The number of allylic oxidation sites excluding steroid dienone is 1. The van der Waals surface area contributed by atoms with Crippen LogP contribution < -0.4 is 4.90 Å². The summed E-state index contributed by atoms with van der Waals surface area (Å²) in [7, 11) is 0. The van der Waals surface area contributed by atoms with Gasteiger partial charge in [-0.2, -0.15) is 5.10 Å². The van der Waals surface area contributed by atoms with E-state index in [0.717, 1.165) is 4.90 Å². The van der Waals surface area contributed by atoms with Crippen LogP contribution in [0, 0.1) is 28.9 Å². The lowest BCUT2D eigenvalue weighted by Crippen LogP contribution is -2.46. The van der Waals surface area contributed by atoms with Crippen LogP contribution in [0.15, 0.2) is 65.8 Å². The predicted molar refractivity (Wildman–Crippen MR) is 115 cm³/mol. The molecule has 5 rings (SSSR count). The number of anilines is 1. The van der Waals surface area contributed by atoms with Crippen molar-refractivity contribution >= 4 is 35.2 Å². The Bertz CT molecular complexity index is 1220. The largest absolute Gasteiger partial charge is 0.292 e. The van der Waals surface area contributed by atoms with Crippen LogP contribution in [-0.4, -0.2) is 45.8 Å². The Morgan fingerprint density at radius 3 is 2.50 bits per heavy atom. The molecule has 2 amide bonds. The second kappa shape index (κ2) is 7.23. The number of rotatable bonds is 4. The number of aryl methyl sites for hydroxylation is 1. The van der Waals surface area contributed by atoms with E-state index in [2.05, 4.69) is 5.10 Å². The molecule has 9 nitrogen and oxygen atoms in total. The zero-order valence-corrected chi connectivity index (χ0v) is 17.0. The van der Waals surface area contributed by atoms with Crippen LogP contribution in [0.5, 0.6) is 0 Å². The molecule has 2 fully saturated rings. The fourth-order valence-corrected chi connectivity index (χ4v) is 4.80. The monoisotopic (exact) mass is 430 g/mol. The van der Waals surface area contributed by atoms with Crippen molar-refractivity contribution in [3.05, 3.63) is 81.9 Å². The average Bonchev–Trinajstić information content (AvgIpc) is 3.27. The first kappa shape index (κ1) is 19.8. The molecule has 0 aliphatic carbocycles. The van der Waals surface area contributed by atoms with Crippen LogP contribution >= 0.6 is 0 Å². The van der Waals surface area contributed by atoms with E-state index in [1.807, 2.05) is 0 Å². The van der Waals surface area contributed by atoms with Crippen LogP contribution in [0.1, 0.15) is 15.9 Å². The molecular formula is C23H18N4O5. The van der Waals surface area contributed by atoms with Gasteiger partial charge in [0, 0.05) is 23.9 Å². The number of Topliss-reactive ketones (excluding diaryl/α,β-unsaturated/α-hetero) is 1. The number of nitro benzene ring substituents is 1. The fourth-order valence-electron chi connectivity index (χ4n) is 4.80. The molecule has 2 saturated heterocycles. The van der Waals surface area contributed by atoms with Gasteiger partial charge in [-0.15, -0.1) is 0 Å². The molecule has 0 aromatic heterocycles. The third-order valence-electron chi connectivity index (χ3n) is 6.26. The molecule has 160 valence electrons. The fraction of sp³-hybridized carbons (Fsp3) is 0.217. The number of imide groups is 1. The number of hydrazone groups is 1. The summed E-state index contributed by atoms with van der Waals surface area (Å²) in [6.45, 7) is 1.68. The molecule has 0 spiro atoms. The van der Waals surface area contributed by atoms with Crippen LogP contribution in [0.3, 0.4) is 0 Å². The number of hydrogen-bond acceptors (Lipinski definition) is 7. The number of hydrogen-bond donors (Lipinski definition) is 0. The van der Waals surface area contributed by atoms with Crippen molar-refractivity contribution < 1.29 is 19.3 Å². The minimum atomic E-state index is -0.950. The Labute approximate surface area is 182 Å². The molecule has 3 aliphatic heterocycles. The summed E-state index contributed by atoms with van der Waals surface area (Å²) >= 11 is 0. The summed E-state index contributed by atoms with van der Waals surface area (Å²) in [5, 5.41) is 17.1. The highest BCUT2D eigenvalue weighted by molar-refractivity contribution is 6.25. The van der Waals surface area contributed by atoms with Gasteiger partial charge in [0.2, 0.25) is 11.8 Å². The van der Waals surface area contributed by atoms with E-state index in [9.17, 15) is 24.5 Å².